The second kappa shape index (κ2) is 10.5. The summed E-state index contributed by atoms with van der Waals surface area (Å²) in [6.45, 7) is 5.73. The summed E-state index contributed by atoms with van der Waals surface area (Å²) in [4.78, 5) is 32.2. The van der Waals surface area contributed by atoms with E-state index in [0.29, 0.717) is 34.6 Å². The number of hydrogen-bond donors (Lipinski definition) is 3. The Morgan fingerprint density at radius 2 is 1.81 bits per heavy atom. The van der Waals surface area contributed by atoms with E-state index < -0.39 is 0 Å². The van der Waals surface area contributed by atoms with Crippen LogP contribution in [-0.2, 0) is 4.79 Å². The summed E-state index contributed by atoms with van der Waals surface area (Å²) in [5.41, 5.74) is 4.51. The maximum atomic E-state index is 11.7. The standard InChI is InChI=1S/C27H28N8O/c1-3-25(36)31-21-8-13-29-23(16-21)26-22-9-12-28-17-24(22)33-27(34-26)32-19-6-4-18(5-7-19)30-20-10-14-35(2)15-11-20/h3-9,12-13,16-17,20,30H,1,10-11,14-15H2,2H3,(H,29,31,36)(H,32,33,34). The average Bonchev–Trinajstić information content (AvgIpc) is 2.91. The summed E-state index contributed by atoms with van der Waals surface area (Å²) in [6.07, 6.45) is 8.54. The third kappa shape index (κ3) is 5.47. The molecule has 182 valence electrons. The number of fused-ring (bicyclic) bond motifs is 1. The van der Waals surface area contributed by atoms with Crippen LogP contribution < -0.4 is 16.0 Å². The highest BCUT2D eigenvalue weighted by atomic mass is 16.1. The summed E-state index contributed by atoms with van der Waals surface area (Å²) in [7, 11) is 2.17. The molecule has 9 nitrogen and oxygen atoms in total. The van der Waals surface area contributed by atoms with E-state index in [1.54, 1.807) is 30.7 Å². The van der Waals surface area contributed by atoms with Gasteiger partial charge in [0.05, 0.1) is 17.4 Å². The Hall–Kier alpha value is -4.37. The molecule has 1 saturated heterocycles. The minimum absolute atomic E-state index is 0.292. The van der Waals surface area contributed by atoms with Gasteiger partial charge < -0.3 is 20.9 Å². The molecular weight excluding hydrogens is 452 g/mol. The van der Waals surface area contributed by atoms with Crippen molar-refractivity contribution in [2.45, 2.75) is 18.9 Å². The van der Waals surface area contributed by atoms with Crippen LogP contribution in [0.1, 0.15) is 12.8 Å². The molecule has 1 fully saturated rings. The van der Waals surface area contributed by atoms with Gasteiger partial charge in [-0.15, -0.1) is 0 Å². The molecule has 0 aliphatic carbocycles. The van der Waals surface area contributed by atoms with Crippen molar-refractivity contribution in [3.8, 4) is 11.4 Å². The lowest BCUT2D eigenvalue weighted by Gasteiger charge is -2.30. The average molecular weight is 481 g/mol. The van der Waals surface area contributed by atoms with Gasteiger partial charge in [-0.05, 0) is 81.5 Å². The first-order chi connectivity index (χ1) is 17.6. The monoisotopic (exact) mass is 480 g/mol. The molecule has 5 rings (SSSR count). The Kier molecular flexibility index (Phi) is 6.81. The van der Waals surface area contributed by atoms with Crippen LogP contribution in [0.25, 0.3) is 22.3 Å². The first-order valence-corrected chi connectivity index (χ1v) is 11.9. The predicted octanol–water partition coefficient (Wildman–Crippen LogP) is 4.46. The summed E-state index contributed by atoms with van der Waals surface area (Å²) in [5.74, 6) is 0.142. The second-order valence-corrected chi connectivity index (χ2v) is 8.84. The Balaban J connectivity index is 1.39. The molecule has 0 bridgehead atoms. The van der Waals surface area contributed by atoms with Gasteiger partial charge in [0.1, 0.15) is 5.69 Å². The minimum atomic E-state index is -0.292. The molecule has 0 unspecified atom stereocenters. The Bertz CT molecular complexity index is 1380. The first-order valence-electron chi connectivity index (χ1n) is 11.9. The number of amides is 1. The second-order valence-electron chi connectivity index (χ2n) is 8.84. The van der Waals surface area contributed by atoms with E-state index in [9.17, 15) is 4.79 Å². The van der Waals surface area contributed by atoms with Crippen LogP contribution in [0.2, 0.25) is 0 Å². The maximum Gasteiger partial charge on any atom is 0.247 e. The van der Waals surface area contributed by atoms with Crippen LogP contribution >= 0.6 is 0 Å². The summed E-state index contributed by atoms with van der Waals surface area (Å²) < 4.78 is 0. The van der Waals surface area contributed by atoms with Crippen molar-refractivity contribution >= 4 is 39.8 Å². The third-order valence-electron chi connectivity index (χ3n) is 6.19. The fourth-order valence-electron chi connectivity index (χ4n) is 4.23. The number of rotatable bonds is 7. The molecule has 9 heteroatoms. The normalized spacial score (nSPS) is 14.4. The predicted molar refractivity (Wildman–Crippen MR) is 143 cm³/mol. The van der Waals surface area contributed by atoms with Gasteiger partial charge in [-0.3, -0.25) is 14.8 Å². The Morgan fingerprint density at radius 3 is 2.58 bits per heavy atom. The SMILES string of the molecule is C=CC(=O)Nc1ccnc(-c2nc(Nc3ccc(NC4CCN(C)CC4)cc3)nc3cnccc23)c1. The molecule has 36 heavy (non-hydrogen) atoms. The lowest BCUT2D eigenvalue weighted by Crippen LogP contribution is -2.36. The maximum absolute atomic E-state index is 11.7. The van der Waals surface area contributed by atoms with E-state index in [1.807, 2.05) is 18.2 Å². The summed E-state index contributed by atoms with van der Waals surface area (Å²) in [6, 6.07) is 14.0. The number of aromatic nitrogens is 4. The van der Waals surface area contributed by atoms with Gasteiger partial charge in [0.25, 0.3) is 0 Å². The van der Waals surface area contributed by atoms with Crippen LogP contribution in [0.4, 0.5) is 23.0 Å². The van der Waals surface area contributed by atoms with Crippen LogP contribution in [0.15, 0.2) is 73.7 Å². The zero-order valence-electron chi connectivity index (χ0n) is 20.1. The Labute approximate surface area is 209 Å². The number of carbonyl (C=O) groups is 1. The van der Waals surface area contributed by atoms with Gasteiger partial charge in [-0.2, -0.15) is 0 Å². The highest BCUT2D eigenvalue weighted by Gasteiger charge is 2.16. The van der Waals surface area contributed by atoms with Crippen molar-refractivity contribution in [1.29, 1.82) is 0 Å². The van der Waals surface area contributed by atoms with Gasteiger partial charge in [-0.1, -0.05) is 6.58 Å². The molecule has 3 aromatic heterocycles. The van der Waals surface area contributed by atoms with Crippen LogP contribution in [0.5, 0.6) is 0 Å². The van der Waals surface area contributed by atoms with E-state index in [4.69, 9.17) is 4.98 Å². The molecule has 0 atom stereocenters. The van der Waals surface area contributed by atoms with Crippen molar-refractivity contribution in [2.75, 3.05) is 36.1 Å². The number of benzene rings is 1. The number of carbonyl (C=O) groups excluding carboxylic acids is 1. The lowest BCUT2D eigenvalue weighted by atomic mass is 10.1. The van der Waals surface area contributed by atoms with E-state index in [1.165, 1.54) is 6.08 Å². The van der Waals surface area contributed by atoms with Crippen LogP contribution in [0, 0.1) is 0 Å². The van der Waals surface area contributed by atoms with Crippen LogP contribution in [-0.4, -0.2) is 56.9 Å². The molecule has 4 heterocycles. The summed E-state index contributed by atoms with van der Waals surface area (Å²) >= 11 is 0. The molecule has 1 aromatic carbocycles. The van der Waals surface area contributed by atoms with Gasteiger partial charge in [0.2, 0.25) is 11.9 Å². The quantitative estimate of drug-likeness (QED) is 0.333. The molecule has 1 amide bonds. The van der Waals surface area contributed by atoms with Crippen LogP contribution in [0.3, 0.4) is 0 Å². The van der Waals surface area contributed by atoms with E-state index >= 15 is 0 Å². The fraction of sp³-hybridized carbons (Fsp3) is 0.222. The molecular formula is C27H28N8O. The number of hydrogen-bond acceptors (Lipinski definition) is 8. The number of anilines is 4. The zero-order chi connectivity index (χ0) is 24.9. The van der Waals surface area contributed by atoms with Crippen molar-refractivity contribution in [3.05, 3.63) is 73.7 Å². The van der Waals surface area contributed by atoms with E-state index in [-0.39, 0.29) is 5.91 Å². The lowest BCUT2D eigenvalue weighted by molar-refractivity contribution is -0.111. The van der Waals surface area contributed by atoms with E-state index in [2.05, 4.69) is 61.6 Å². The number of pyridine rings is 2. The molecule has 4 aromatic rings. The highest BCUT2D eigenvalue weighted by molar-refractivity contribution is 5.99. The molecule has 0 radical (unpaired) electrons. The van der Waals surface area contributed by atoms with Crippen molar-refractivity contribution in [3.63, 3.8) is 0 Å². The molecule has 1 aliphatic heterocycles. The smallest absolute Gasteiger partial charge is 0.247 e. The summed E-state index contributed by atoms with van der Waals surface area (Å²) in [5, 5.41) is 10.5. The third-order valence-corrected chi connectivity index (χ3v) is 6.19. The highest BCUT2D eigenvalue weighted by Crippen LogP contribution is 2.28. The number of piperidine rings is 1. The molecule has 0 saturated carbocycles. The van der Waals surface area contributed by atoms with E-state index in [0.717, 1.165) is 42.7 Å². The molecule has 0 spiro atoms. The Morgan fingerprint density at radius 1 is 1.03 bits per heavy atom. The number of likely N-dealkylation sites (tertiary alicyclic amines) is 1. The zero-order valence-corrected chi connectivity index (χ0v) is 20.1. The van der Waals surface area contributed by atoms with Crippen molar-refractivity contribution in [1.82, 2.24) is 24.8 Å². The van der Waals surface area contributed by atoms with Gasteiger partial charge >= 0.3 is 0 Å². The molecule has 1 aliphatic rings. The van der Waals surface area contributed by atoms with Gasteiger partial charge in [0, 0.05) is 40.9 Å². The van der Waals surface area contributed by atoms with Crippen molar-refractivity contribution in [2.24, 2.45) is 0 Å². The first kappa shape index (κ1) is 23.4. The number of nitrogens with zero attached hydrogens (tertiary/aromatic N) is 5. The topological polar surface area (TPSA) is 108 Å². The largest absolute Gasteiger partial charge is 0.382 e. The molecule has 3 N–H and O–H groups in total. The van der Waals surface area contributed by atoms with Gasteiger partial charge in [0.15, 0.2) is 0 Å². The van der Waals surface area contributed by atoms with Crippen molar-refractivity contribution < 1.29 is 4.79 Å². The minimum Gasteiger partial charge on any atom is -0.382 e. The van der Waals surface area contributed by atoms with Gasteiger partial charge in [-0.25, -0.2) is 9.97 Å². The number of nitrogens with one attached hydrogen (secondary N) is 3. The fourth-order valence-corrected chi connectivity index (χ4v) is 4.23.